The highest BCUT2D eigenvalue weighted by molar-refractivity contribution is 7.80. The summed E-state index contributed by atoms with van der Waals surface area (Å²) in [6.07, 6.45) is 0. The first-order valence-corrected chi connectivity index (χ1v) is 12.2. The zero-order chi connectivity index (χ0) is 26.7. The van der Waals surface area contributed by atoms with Gasteiger partial charge in [-0.1, -0.05) is 18.2 Å². The average Bonchev–Trinajstić information content (AvgIpc) is 3.29. The number of methoxy groups -OCH3 is 2. The van der Waals surface area contributed by atoms with Gasteiger partial charge in [-0.25, -0.2) is 4.39 Å². The van der Waals surface area contributed by atoms with Crippen molar-refractivity contribution in [2.45, 2.75) is 40.8 Å². The van der Waals surface area contributed by atoms with Crippen LogP contribution in [0.3, 0.4) is 0 Å². The van der Waals surface area contributed by atoms with E-state index in [0.717, 1.165) is 45.3 Å². The third-order valence-corrected chi connectivity index (χ3v) is 6.47. The Morgan fingerprint density at radius 2 is 1.27 bits per heavy atom. The standard InChI is InChI=1S/C27H31FN6O2S/c1-16-25(18(3)33(31-16)14-20-7-10-22(28)11-8-20)29-27(37)30-26-17(2)32-34(19(26)4)15-21-9-12-23(35-5)24(13-21)36-6/h7-13H,14-15H2,1-6H3,(H2,29,30,37). The summed E-state index contributed by atoms with van der Waals surface area (Å²) in [5.74, 6) is 1.11. The van der Waals surface area contributed by atoms with Gasteiger partial charge in [0.2, 0.25) is 0 Å². The molecule has 0 saturated carbocycles. The summed E-state index contributed by atoms with van der Waals surface area (Å²) in [6.45, 7) is 8.96. The van der Waals surface area contributed by atoms with Crippen molar-refractivity contribution in [2.24, 2.45) is 0 Å². The van der Waals surface area contributed by atoms with Crippen molar-refractivity contribution in [2.75, 3.05) is 24.9 Å². The molecular formula is C27H31FN6O2S. The number of thiocarbonyl (C=S) groups is 1. The molecule has 0 aliphatic heterocycles. The SMILES string of the molecule is COc1ccc(Cn2nc(C)c(NC(=S)Nc3c(C)nn(Cc4ccc(F)cc4)c3C)c2C)cc1OC. The maximum absolute atomic E-state index is 13.3. The molecule has 0 atom stereocenters. The molecule has 194 valence electrons. The number of hydrogen-bond donors (Lipinski definition) is 2. The van der Waals surface area contributed by atoms with Crippen molar-refractivity contribution in [1.82, 2.24) is 19.6 Å². The van der Waals surface area contributed by atoms with Gasteiger partial charge in [-0.15, -0.1) is 0 Å². The van der Waals surface area contributed by atoms with Crippen LogP contribution < -0.4 is 20.1 Å². The molecule has 4 aromatic rings. The van der Waals surface area contributed by atoms with Gasteiger partial charge in [-0.3, -0.25) is 9.36 Å². The van der Waals surface area contributed by atoms with Crippen LogP contribution >= 0.6 is 12.2 Å². The second-order valence-electron chi connectivity index (χ2n) is 8.80. The number of aryl methyl sites for hydroxylation is 2. The number of benzene rings is 2. The molecule has 4 rings (SSSR count). The summed E-state index contributed by atoms with van der Waals surface area (Å²) in [5, 5.41) is 16.4. The van der Waals surface area contributed by atoms with Crippen LogP contribution in [0.25, 0.3) is 0 Å². The maximum Gasteiger partial charge on any atom is 0.175 e. The Morgan fingerprint density at radius 1 is 0.784 bits per heavy atom. The monoisotopic (exact) mass is 522 g/mol. The van der Waals surface area contributed by atoms with Gasteiger partial charge in [0.15, 0.2) is 16.6 Å². The van der Waals surface area contributed by atoms with Crippen LogP contribution in [0.5, 0.6) is 11.5 Å². The minimum absolute atomic E-state index is 0.256. The van der Waals surface area contributed by atoms with Gasteiger partial charge < -0.3 is 20.1 Å². The summed E-state index contributed by atoms with van der Waals surface area (Å²) < 4.78 is 27.8. The fraction of sp³-hybridized carbons (Fsp3) is 0.296. The maximum atomic E-state index is 13.3. The Bertz CT molecular complexity index is 1430. The summed E-state index contributed by atoms with van der Waals surface area (Å²) in [6, 6.07) is 12.3. The van der Waals surface area contributed by atoms with Crippen LogP contribution in [0.2, 0.25) is 0 Å². The van der Waals surface area contributed by atoms with Crippen molar-refractivity contribution in [3.8, 4) is 11.5 Å². The number of anilines is 2. The van der Waals surface area contributed by atoms with Crippen molar-refractivity contribution >= 4 is 28.7 Å². The average molecular weight is 523 g/mol. The van der Waals surface area contributed by atoms with E-state index in [4.69, 9.17) is 26.8 Å². The molecule has 0 spiro atoms. The first kappa shape index (κ1) is 26.2. The van der Waals surface area contributed by atoms with Crippen molar-refractivity contribution in [3.05, 3.63) is 82.2 Å². The zero-order valence-electron chi connectivity index (χ0n) is 21.8. The van der Waals surface area contributed by atoms with Crippen LogP contribution in [-0.4, -0.2) is 38.9 Å². The summed E-state index contributed by atoms with van der Waals surface area (Å²) in [5.41, 5.74) is 7.24. The van der Waals surface area contributed by atoms with E-state index in [1.807, 2.05) is 55.3 Å². The van der Waals surface area contributed by atoms with E-state index in [-0.39, 0.29) is 5.82 Å². The number of rotatable bonds is 8. The molecule has 0 fully saturated rings. The van der Waals surface area contributed by atoms with Crippen LogP contribution in [0.15, 0.2) is 42.5 Å². The van der Waals surface area contributed by atoms with Gasteiger partial charge in [-0.05, 0) is 75.3 Å². The van der Waals surface area contributed by atoms with Gasteiger partial charge >= 0.3 is 0 Å². The molecule has 2 aromatic carbocycles. The van der Waals surface area contributed by atoms with Crippen LogP contribution in [0, 0.1) is 33.5 Å². The normalized spacial score (nSPS) is 10.9. The lowest BCUT2D eigenvalue weighted by Gasteiger charge is -2.13. The Labute approximate surface area is 221 Å². The predicted octanol–water partition coefficient (Wildman–Crippen LogP) is 5.38. The van der Waals surface area contributed by atoms with Gasteiger partial charge in [0.1, 0.15) is 5.82 Å². The van der Waals surface area contributed by atoms with E-state index in [0.29, 0.717) is 29.7 Å². The topological polar surface area (TPSA) is 78.2 Å². The van der Waals surface area contributed by atoms with E-state index in [1.165, 1.54) is 12.1 Å². The smallest absolute Gasteiger partial charge is 0.175 e. The second kappa shape index (κ2) is 11.0. The van der Waals surface area contributed by atoms with E-state index in [9.17, 15) is 4.39 Å². The van der Waals surface area contributed by atoms with Crippen LogP contribution in [0.4, 0.5) is 15.8 Å². The third-order valence-electron chi connectivity index (χ3n) is 6.27. The number of nitrogens with zero attached hydrogens (tertiary/aromatic N) is 4. The first-order valence-electron chi connectivity index (χ1n) is 11.8. The number of ether oxygens (including phenoxy) is 2. The molecule has 8 nitrogen and oxygen atoms in total. The molecule has 0 unspecified atom stereocenters. The van der Waals surface area contributed by atoms with Gasteiger partial charge in [-0.2, -0.15) is 10.2 Å². The van der Waals surface area contributed by atoms with E-state index >= 15 is 0 Å². The Kier molecular flexibility index (Phi) is 7.77. The summed E-state index contributed by atoms with van der Waals surface area (Å²) in [4.78, 5) is 0. The first-order chi connectivity index (χ1) is 17.7. The molecule has 37 heavy (non-hydrogen) atoms. The molecule has 0 amide bonds. The lowest BCUT2D eigenvalue weighted by atomic mass is 10.2. The molecule has 0 aliphatic carbocycles. The van der Waals surface area contributed by atoms with Gasteiger partial charge in [0.05, 0.1) is 61.5 Å². The number of aromatic nitrogens is 4. The van der Waals surface area contributed by atoms with Crippen molar-refractivity contribution in [3.63, 3.8) is 0 Å². The molecule has 0 aliphatic rings. The second-order valence-corrected chi connectivity index (χ2v) is 9.21. The Hall–Kier alpha value is -3.92. The molecule has 2 aromatic heterocycles. The molecular weight excluding hydrogens is 491 g/mol. The van der Waals surface area contributed by atoms with Crippen LogP contribution in [0.1, 0.15) is 33.9 Å². The van der Waals surface area contributed by atoms with E-state index in [2.05, 4.69) is 15.7 Å². The number of hydrogen-bond acceptors (Lipinski definition) is 5. The molecule has 0 bridgehead atoms. The van der Waals surface area contributed by atoms with Gasteiger partial charge in [0.25, 0.3) is 0 Å². The molecule has 10 heteroatoms. The van der Waals surface area contributed by atoms with E-state index in [1.54, 1.807) is 26.4 Å². The van der Waals surface area contributed by atoms with Gasteiger partial charge in [0, 0.05) is 0 Å². The molecule has 2 heterocycles. The predicted molar refractivity (Wildman–Crippen MR) is 147 cm³/mol. The summed E-state index contributed by atoms with van der Waals surface area (Å²) in [7, 11) is 3.24. The van der Waals surface area contributed by atoms with Crippen LogP contribution in [-0.2, 0) is 13.1 Å². The highest BCUT2D eigenvalue weighted by Crippen LogP contribution is 2.29. The molecule has 2 N–H and O–H groups in total. The lowest BCUT2D eigenvalue weighted by Crippen LogP contribution is -2.21. The molecule has 0 saturated heterocycles. The lowest BCUT2D eigenvalue weighted by molar-refractivity contribution is 0.354. The highest BCUT2D eigenvalue weighted by atomic mass is 32.1. The number of halogens is 1. The molecule has 0 radical (unpaired) electrons. The minimum Gasteiger partial charge on any atom is -0.493 e. The van der Waals surface area contributed by atoms with Crippen molar-refractivity contribution < 1.29 is 13.9 Å². The minimum atomic E-state index is -0.256. The van der Waals surface area contributed by atoms with E-state index < -0.39 is 0 Å². The number of nitrogens with one attached hydrogen (secondary N) is 2. The quantitative estimate of drug-likeness (QED) is 0.301. The Balaban J connectivity index is 1.47. The third kappa shape index (κ3) is 5.75. The largest absolute Gasteiger partial charge is 0.493 e. The summed E-state index contributed by atoms with van der Waals surface area (Å²) >= 11 is 5.64. The van der Waals surface area contributed by atoms with Crippen molar-refractivity contribution in [1.29, 1.82) is 0 Å². The highest BCUT2D eigenvalue weighted by Gasteiger charge is 2.17. The zero-order valence-corrected chi connectivity index (χ0v) is 22.7. The fourth-order valence-electron chi connectivity index (χ4n) is 4.24. The Morgan fingerprint density at radius 3 is 1.78 bits per heavy atom. The fourth-order valence-corrected chi connectivity index (χ4v) is 4.44.